The smallest absolute Gasteiger partial charge is 0.267 e. The van der Waals surface area contributed by atoms with Gasteiger partial charge in [0.1, 0.15) is 0 Å². The minimum absolute atomic E-state index is 0. The van der Waals surface area contributed by atoms with E-state index in [4.69, 9.17) is 9.66 Å². The fourth-order valence-electron chi connectivity index (χ4n) is 0.115. The Labute approximate surface area is 52.3 Å². The van der Waals surface area contributed by atoms with Crippen molar-refractivity contribution in [3.63, 3.8) is 0 Å². The van der Waals surface area contributed by atoms with Gasteiger partial charge < -0.3 is 5.11 Å². The average molecular weight is 158 g/mol. The van der Waals surface area contributed by atoms with E-state index in [0.717, 1.165) is 0 Å². The summed E-state index contributed by atoms with van der Waals surface area (Å²) in [5.41, 5.74) is 0. The van der Waals surface area contributed by atoms with E-state index in [0.29, 0.717) is 0 Å². The third-order valence-corrected chi connectivity index (χ3v) is 1.05. The quantitative estimate of drug-likeness (QED) is 0.342. The van der Waals surface area contributed by atoms with E-state index >= 15 is 0 Å². The van der Waals surface area contributed by atoms with Crippen LogP contribution in [0, 0.1) is 0 Å². The molecule has 4 nitrogen and oxygen atoms in total. The van der Waals surface area contributed by atoms with Gasteiger partial charge in [0.05, 0.1) is 12.4 Å². The third kappa shape index (κ3) is 9.43. The van der Waals surface area contributed by atoms with Crippen LogP contribution in [0.25, 0.3) is 0 Å². The van der Waals surface area contributed by atoms with Gasteiger partial charge >= 0.3 is 0 Å². The summed E-state index contributed by atoms with van der Waals surface area (Å²) in [7, 11) is -3.92. The van der Waals surface area contributed by atoms with Gasteiger partial charge in [-0.05, 0) is 11.0 Å². The van der Waals surface area contributed by atoms with Crippen molar-refractivity contribution in [3.05, 3.63) is 0 Å². The molecule has 0 aliphatic rings. The topological polar surface area (TPSA) is 74.6 Å². The average Bonchev–Trinajstić information content (AvgIpc) is 1.30. The summed E-state index contributed by atoms with van der Waals surface area (Å²) < 4.78 is 27.1. The Hall–Kier alpha value is 0.0869. The molecule has 0 saturated heterocycles. The van der Waals surface area contributed by atoms with Crippen LogP contribution in [-0.4, -0.2) is 41.4 Å². The molecule has 2 N–H and O–H groups in total. The Bertz CT molecular complexity index is 127. The number of aliphatic hydroxyl groups is 1. The minimum Gasteiger partial charge on any atom is -0.395 e. The second-order valence-electron chi connectivity index (χ2n) is 1.01. The first-order chi connectivity index (χ1) is 3.06. The molecule has 0 bridgehead atoms. The Morgan fingerprint density at radius 2 is 1.75 bits per heavy atom. The summed E-state index contributed by atoms with van der Waals surface area (Å²) in [6, 6.07) is 0. The fourth-order valence-corrected chi connectivity index (χ4v) is 0.346. The molecule has 0 aromatic carbocycles. The van der Waals surface area contributed by atoms with Crippen LogP contribution in [0.3, 0.4) is 0 Å². The first-order valence-electron chi connectivity index (χ1n) is 1.62. The molecule has 0 aromatic heterocycles. The molecule has 6 heteroatoms. The summed E-state index contributed by atoms with van der Waals surface area (Å²) in [6.45, 7) is -0.529. The van der Waals surface area contributed by atoms with E-state index in [1.807, 2.05) is 0 Å². The molecule has 0 atom stereocenters. The van der Waals surface area contributed by atoms with Crippen LogP contribution in [-0.2, 0) is 10.1 Å². The van der Waals surface area contributed by atoms with Crippen molar-refractivity contribution in [2.45, 2.75) is 0 Å². The standard InChI is InChI=1S/C2H6O4S.H4Si/c3-1-2-7(4,5)6;/h3H,1-2H2,(H,4,5,6);1H4. The van der Waals surface area contributed by atoms with Gasteiger partial charge in [-0.15, -0.1) is 0 Å². The highest BCUT2D eigenvalue weighted by atomic mass is 32.2. The molecule has 0 unspecified atom stereocenters. The maximum absolute atomic E-state index is 9.63. The lowest BCUT2D eigenvalue weighted by atomic mass is 10.9. The van der Waals surface area contributed by atoms with Gasteiger partial charge in [0.2, 0.25) is 0 Å². The molecule has 0 aromatic rings. The van der Waals surface area contributed by atoms with Crippen LogP contribution in [0.4, 0.5) is 0 Å². The first kappa shape index (κ1) is 11.0. The zero-order valence-corrected chi connectivity index (χ0v) is 4.35. The molecule has 0 saturated carbocycles. The molecule has 52 valence electrons. The molecule has 0 spiro atoms. The fraction of sp³-hybridized carbons (Fsp3) is 1.00. The van der Waals surface area contributed by atoms with Gasteiger partial charge in [0.15, 0.2) is 0 Å². The number of hydrogen-bond donors (Lipinski definition) is 2. The van der Waals surface area contributed by atoms with Crippen LogP contribution < -0.4 is 0 Å². The van der Waals surface area contributed by atoms with Crippen molar-refractivity contribution in [1.82, 2.24) is 0 Å². The highest BCUT2D eigenvalue weighted by Gasteiger charge is 1.99. The van der Waals surface area contributed by atoms with Gasteiger partial charge in [-0.2, -0.15) is 8.42 Å². The van der Waals surface area contributed by atoms with E-state index in [2.05, 4.69) is 0 Å². The van der Waals surface area contributed by atoms with Crippen LogP contribution in [0.5, 0.6) is 0 Å². The minimum atomic E-state index is -3.92. The van der Waals surface area contributed by atoms with Crippen molar-refractivity contribution < 1.29 is 18.1 Å². The van der Waals surface area contributed by atoms with Crippen LogP contribution >= 0.6 is 0 Å². The summed E-state index contributed by atoms with van der Waals surface area (Å²) >= 11 is 0. The highest BCUT2D eigenvalue weighted by molar-refractivity contribution is 7.85. The Morgan fingerprint density at radius 3 is 1.75 bits per heavy atom. The van der Waals surface area contributed by atoms with E-state index in [1.54, 1.807) is 0 Å². The first-order valence-corrected chi connectivity index (χ1v) is 3.23. The van der Waals surface area contributed by atoms with Gasteiger partial charge in [-0.3, -0.25) is 4.55 Å². The van der Waals surface area contributed by atoms with Crippen molar-refractivity contribution in [1.29, 1.82) is 0 Å². The van der Waals surface area contributed by atoms with E-state index in [-0.39, 0.29) is 11.0 Å². The molecule has 0 heterocycles. The SMILES string of the molecule is O=S(=O)(O)CCO.[SiH4]. The molecular weight excluding hydrogens is 148 g/mol. The molecule has 0 aliphatic heterocycles. The van der Waals surface area contributed by atoms with Crippen molar-refractivity contribution in [3.8, 4) is 0 Å². The van der Waals surface area contributed by atoms with Gasteiger partial charge in [0, 0.05) is 0 Å². The maximum atomic E-state index is 9.63. The zero-order valence-electron chi connectivity index (χ0n) is 3.53. The van der Waals surface area contributed by atoms with E-state index < -0.39 is 22.5 Å². The largest absolute Gasteiger partial charge is 0.395 e. The lowest BCUT2D eigenvalue weighted by Gasteiger charge is -1.85. The molecule has 0 amide bonds. The normalized spacial score (nSPS) is 10.2. The summed E-state index contributed by atoms with van der Waals surface area (Å²) in [4.78, 5) is 0. The number of hydrogen-bond acceptors (Lipinski definition) is 3. The Balaban J connectivity index is 0. The predicted octanol–water partition coefficient (Wildman–Crippen LogP) is -2.59. The Kier molecular flexibility index (Phi) is 5.50. The van der Waals surface area contributed by atoms with Crippen molar-refractivity contribution >= 4 is 21.1 Å². The summed E-state index contributed by atoms with van der Waals surface area (Å²) in [5, 5.41) is 7.86. The van der Waals surface area contributed by atoms with Gasteiger partial charge in [0.25, 0.3) is 10.1 Å². The zero-order chi connectivity index (χ0) is 5.91. The molecule has 0 aliphatic carbocycles. The van der Waals surface area contributed by atoms with Crippen LogP contribution in [0.2, 0.25) is 0 Å². The second-order valence-corrected chi connectivity index (χ2v) is 2.58. The Morgan fingerprint density at radius 1 is 1.38 bits per heavy atom. The summed E-state index contributed by atoms with van der Waals surface area (Å²) in [6.07, 6.45) is 0. The third-order valence-electron chi connectivity index (χ3n) is 0.349. The van der Waals surface area contributed by atoms with E-state index in [9.17, 15) is 8.42 Å². The summed E-state index contributed by atoms with van der Waals surface area (Å²) in [5.74, 6) is -0.576. The number of aliphatic hydroxyl groups excluding tert-OH is 1. The molecular formula is C2H10O4SSi. The maximum Gasteiger partial charge on any atom is 0.267 e. The van der Waals surface area contributed by atoms with Crippen molar-refractivity contribution in [2.24, 2.45) is 0 Å². The molecule has 0 radical (unpaired) electrons. The molecule has 0 rings (SSSR count). The highest BCUT2D eigenvalue weighted by Crippen LogP contribution is 1.75. The van der Waals surface area contributed by atoms with E-state index in [1.165, 1.54) is 0 Å². The van der Waals surface area contributed by atoms with Gasteiger partial charge in [-0.1, -0.05) is 0 Å². The van der Waals surface area contributed by atoms with Crippen LogP contribution in [0.15, 0.2) is 0 Å². The second kappa shape index (κ2) is 4.01. The van der Waals surface area contributed by atoms with Gasteiger partial charge in [-0.25, -0.2) is 0 Å². The molecule has 8 heavy (non-hydrogen) atoms. The predicted molar refractivity (Wildman–Crippen MR) is 34.8 cm³/mol. The van der Waals surface area contributed by atoms with Crippen LogP contribution in [0.1, 0.15) is 0 Å². The monoisotopic (exact) mass is 158 g/mol. The van der Waals surface area contributed by atoms with Crippen molar-refractivity contribution in [2.75, 3.05) is 12.4 Å². The lowest BCUT2D eigenvalue weighted by molar-refractivity contribution is 0.315. The molecule has 0 fully saturated rings. The lowest BCUT2D eigenvalue weighted by Crippen LogP contribution is -2.06. The number of rotatable bonds is 2.